The molecule has 1 N–H and O–H groups in total. The van der Waals surface area contributed by atoms with Crippen molar-refractivity contribution in [3.8, 4) is 23.0 Å². The Balaban J connectivity index is 1.94. The second-order valence-electron chi connectivity index (χ2n) is 5.63. The van der Waals surface area contributed by atoms with Crippen LogP contribution in [0.3, 0.4) is 0 Å². The summed E-state index contributed by atoms with van der Waals surface area (Å²) < 4.78 is 45.9. The Labute approximate surface area is 164 Å². The van der Waals surface area contributed by atoms with Crippen molar-refractivity contribution in [1.82, 2.24) is 15.0 Å². The summed E-state index contributed by atoms with van der Waals surface area (Å²) in [5.41, 5.74) is 2.75. The number of hydrogen-bond acceptors (Lipinski definition) is 7. The number of benzene rings is 1. The van der Waals surface area contributed by atoms with Crippen LogP contribution in [-0.2, 0) is 5.75 Å². The predicted molar refractivity (Wildman–Crippen MR) is 101 cm³/mol. The van der Waals surface area contributed by atoms with Crippen molar-refractivity contribution in [2.75, 3.05) is 21.3 Å². The molecule has 0 aliphatic rings. The van der Waals surface area contributed by atoms with Crippen LogP contribution in [-0.4, -0.2) is 42.9 Å². The highest BCUT2D eigenvalue weighted by Gasteiger charge is 2.22. The number of aromatic nitrogens is 3. The minimum atomic E-state index is -3.02. The second kappa shape index (κ2) is 8.51. The highest BCUT2D eigenvalue weighted by molar-refractivity contribution is 7.98. The van der Waals surface area contributed by atoms with Gasteiger partial charge in [-0.2, -0.15) is 8.78 Å². The minimum absolute atomic E-state index is 0.0773. The number of hydrogen-bond donors (Lipinski definition) is 1. The highest BCUT2D eigenvalue weighted by atomic mass is 32.2. The summed E-state index contributed by atoms with van der Waals surface area (Å²) in [5.74, 6) is 1.31. The molecule has 0 radical (unpaired) electrons. The number of pyridine rings is 1. The van der Waals surface area contributed by atoms with Crippen molar-refractivity contribution >= 4 is 22.8 Å². The average Bonchev–Trinajstić information content (AvgIpc) is 3.08. The number of thioether (sulfide) groups is 1. The van der Waals surface area contributed by atoms with Crippen molar-refractivity contribution in [3.05, 3.63) is 29.6 Å². The summed E-state index contributed by atoms with van der Waals surface area (Å²) in [6, 6.07) is 3.34. The van der Waals surface area contributed by atoms with Gasteiger partial charge in [0, 0.05) is 23.6 Å². The summed E-state index contributed by atoms with van der Waals surface area (Å²) in [4.78, 5) is 12.0. The Morgan fingerprint density at radius 1 is 1.11 bits per heavy atom. The summed E-state index contributed by atoms with van der Waals surface area (Å²) in [7, 11) is 4.33. The first kappa shape index (κ1) is 20.0. The van der Waals surface area contributed by atoms with Gasteiger partial charge in [0.1, 0.15) is 11.3 Å². The van der Waals surface area contributed by atoms with E-state index in [1.54, 1.807) is 25.4 Å². The van der Waals surface area contributed by atoms with Crippen LogP contribution in [0.4, 0.5) is 8.78 Å². The van der Waals surface area contributed by atoms with Gasteiger partial charge in [-0.3, -0.25) is 4.98 Å². The Hall–Kier alpha value is -2.75. The first-order chi connectivity index (χ1) is 13.5. The van der Waals surface area contributed by atoms with E-state index in [1.165, 1.54) is 26.0 Å². The van der Waals surface area contributed by atoms with E-state index < -0.39 is 6.61 Å². The fraction of sp³-hybridized carbons (Fsp3) is 0.333. The topological polar surface area (TPSA) is 78.5 Å². The van der Waals surface area contributed by atoms with Crippen molar-refractivity contribution in [3.63, 3.8) is 0 Å². The largest absolute Gasteiger partial charge is 0.496 e. The van der Waals surface area contributed by atoms with Gasteiger partial charge >= 0.3 is 6.61 Å². The standard InChI is InChI=1S/C18H19F2N3O4S/c1-9-11(21-6-5-12(9)24-2)8-28-18-22-10-7-13(25-3)15(27-17(19)20)16(26-4)14(10)23-18/h5-7,17H,8H2,1-4H3,(H,22,23). The molecule has 2 heterocycles. The van der Waals surface area contributed by atoms with Crippen LogP contribution in [0.25, 0.3) is 11.0 Å². The van der Waals surface area contributed by atoms with E-state index in [2.05, 4.69) is 19.7 Å². The molecule has 3 rings (SSSR count). The third-order valence-corrected chi connectivity index (χ3v) is 4.97. The molecule has 2 aromatic heterocycles. The average molecular weight is 411 g/mol. The maximum atomic E-state index is 12.8. The van der Waals surface area contributed by atoms with E-state index in [1.807, 2.05) is 6.92 Å². The van der Waals surface area contributed by atoms with Gasteiger partial charge in [0.05, 0.1) is 32.5 Å². The van der Waals surface area contributed by atoms with Crippen molar-refractivity contribution < 1.29 is 27.7 Å². The quantitative estimate of drug-likeness (QED) is 0.557. The third-order valence-electron chi connectivity index (χ3n) is 4.09. The lowest BCUT2D eigenvalue weighted by atomic mass is 10.2. The molecule has 7 nitrogen and oxygen atoms in total. The molecule has 0 aliphatic carbocycles. The Bertz CT molecular complexity index is 981. The van der Waals surface area contributed by atoms with Gasteiger partial charge in [-0.15, -0.1) is 0 Å². The maximum absolute atomic E-state index is 12.8. The maximum Gasteiger partial charge on any atom is 0.387 e. The van der Waals surface area contributed by atoms with Crippen molar-refractivity contribution in [2.24, 2.45) is 0 Å². The predicted octanol–water partition coefficient (Wildman–Crippen LogP) is 4.19. The van der Waals surface area contributed by atoms with Gasteiger partial charge in [0.25, 0.3) is 0 Å². The van der Waals surface area contributed by atoms with Crippen LogP contribution in [0.5, 0.6) is 23.0 Å². The fourth-order valence-electron chi connectivity index (χ4n) is 2.73. The Morgan fingerprint density at radius 2 is 1.86 bits per heavy atom. The lowest BCUT2D eigenvalue weighted by Crippen LogP contribution is -2.05. The molecule has 150 valence electrons. The van der Waals surface area contributed by atoms with Crippen LogP contribution in [0, 0.1) is 6.92 Å². The first-order valence-electron chi connectivity index (χ1n) is 8.19. The number of methoxy groups -OCH3 is 3. The van der Waals surface area contributed by atoms with Gasteiger partial charge in [-0.25, -0.2) is 4.98 Å². The van der Waals surface area contributed by atoms with E-state index in [0.717, 1.165) is 17.0 Å². The summed E-state index contributed by atoms with van der Waals surface area (Å²) in [5, 5.41) is 0.577. The van der Waals surface area contributed by atoms with Gasteiger partial charge < -0.3 is 23.9 Å². The number of rotatable bonds is 8. The first-order valence-corrected chi connectivity index (χ1v) is 9.17. The SMILES string of the molecule is COc1ccnc(CSc2nc3c(OC)c(OC(F)F)c(OC)cc3[nH]2)c1C. The molecule has 0 aliphatic heterocycles. The van der Waals surface area contributed by atoms with Gasteiger partial charge in [-0.05, 0) is 13.0 Å². The van der Waals surface area contributed by atoms with Crippen LogP contribution in [0.1, 0.15) is 11.3 Å². The van der Waals surface area contributed by atoms with Gasteiger partial charge in [0.15, 0.2) is 16.7 Å². The van der Waals surface area contributed by atoms with E-state index in [0.29, 0.717) is 21.9 Å². The number of alkyl halides is 2. The smallest absolute Gasteiger partial charge is 0.387 e. The summed E-state index contributed by atoms with van der Waals surface area (Å²) in [6.45, 7) is -1.09. The lowest BCUT2D eigenvalue weighted by Gasteiger charge is -2.13. The highest BCUT2D eigenvalue weighted by Crippen LogP contribution is 2.44. The number of ether oxygens (including phenoxy) is 4. The molecular formula is C18H19F2N3O4S. The molecule has 28 heavy (non-hydrogen) atoms. The van der Waals surface area contributed by atoms with E-state index >= 15 is 0 Å². The molecular weight excluding hydrogens is 392 g/mol. The molecule has 0 saturated heterocycles. The van der Waals surface area contributed by atoms with Crippen molar-refractivity contribution in [1.29, 1.82) is 0 Å². The van der Waals surface area contributed by atoms with Gasteiger partial charge in [-0.1, -0.05) is 11.8 Å². The van der Waals surface area contributed by atoms with Crippen LogP contribution < -0.4 is 18.9 Å². The molecule has 0 fully saturated rings. The second-order valence-corrected chi connectivity index (χ2v) is 6.60. The zero-order valence-corrected chi connectivity index (χ0v) is 16.5. The number of aromatic amines is 1. The molecule has 0 saturated carbocycles. The molecule has 0 spiro atoms. The van der Waals surface area contributed by atoms with Crippen LogP contribution >= 0.6 is 11.8 Å². The third kappa shape index (κ3) is 3.91. The van der Waals surface area contributed by atoms with E-state index in [9.17, 15) is 8.78 Å². The summed E-state index contributed by atoms with van der Waals surface area (Å²) in [6.07, 6.45) is 1.68. The fourth-order valence-corrected chi connectivity index (χ4v) is 3.63. The van der Waals surface area contributed by atoms with Gasteiger partial charge in [0.2, 0.25) is 5.75 Å². The molecule has 0 amide bonds. The van der Waals surface area contributed by atoms with Crippen LogP contribution in [0.2, 0.25) is 0 Å². The van der Waals surface area contributed by atoms with Crippen molar-refractivity contribution in [2.45, 2.75) is 24.4 Å². The summed E-state index contributed by atoms with van der Waals surface area (Å²) >= 11 is 1.41. The molecule has 0 bridgehead atoms. The Morgan fingerprint density at radius 3 is 2.50 bits per heavy atom. The number of nitrogens with zero attached hydrogens (tertiary/aromatic N) is 2. The normalized spacial score (nSPS) is 11.1. The van der Waals surface area contributed by atoms with E-state index in [4.69, 9.17) is 14.2 Å². The molecule has 1 aromatic carbocycles. The molecule has 3 aromatic rings. The lowest BCUT2D eigenvalue weighted by molar-refractivity contribution is -0.0524. The number of fused-ring (bicyclic) bond motifs is 1. The van der Waals surface area contributed by atoms with Crippen LogP contribution in [0.15, 0.2) is 23.5 Å². The zero-order valence-electron chi connectivity index (χ0n) is 15.7. The number of imidazole rings is 1. The monoisotopic (exact) mass is 411 g/mol. The number of H-pyrrole nitrogens is 1. The molecule has 0 atom stereocenters. The van der Waals surface area contributed by atoms with E-state index in [-0.39, 0.29) is 17.2 Å². The molecule has 0 unspecified atom stereocenters. The Kier molecular flexibility index (Phi) is 6.08. The molecule has 10 heteroatoms. The zero-order chi connectivity index (χ0) is 20.3. The minimum Gasteiger partial charge on any atom is -0.496 e. The number of halogens is 2. The number of nitrogens with one attached hydrogen (secondary N) is 1.